The molecule has 4 rings (SSSR count). The predicted molar refractivity (Wildman–Crippen MR) is 114 cm³/mol. The van der Waals surface area contributed by atoms with Gasteiger partial charge < -0.3 is 0 Å². The third-order valence-electron chi connectivity index (χ3n) is 4.80. The maximum atomic E-state index is 15.1. The van der Waals surface area contributed by atoms with Crippen molar-refractivity contribution >= 4 is 43.7 Å². The van der Waals surface area contributed by atoms with Gasteiger partial charge in [-0.2, -0.15) is 0 Å². The quantitative estimate of drug-likeness (QED) is 0.419. The van der Waals surface area contributed by atoms with E-state index in [1.54, 1.807) is 48.5 Å². The third-order valence-corrected chi connectivity index (χ3v) is 6.87. The SMILES string of the molecule is COS(=O)c1c(F)cc2ccccc2c1-c1c(S(=O)OC)c(F)cc2ccccc12. The fraction of sp³-hybridized carbons (Fsp3) is 0.0909. The number of hydrogen-bond acceptors (Lipinski definition) is 4. The molecule has 2 atom stereocenters. The van der Waals surface area contributed by atoms with E-state index in [1.165, 1.54) is 26.4 Å². The number of halogens is 2. The zero-order chi connectivity index (χ0) is 21.4. The summed E-state index contributed by atoms with van der Waals surface area (Å²) in [7, 11) is 2.37. The van der Waals surface area contributed by atoms with Crippen LogP contribution in [0.5, 0.6) is 0 Å². The molecule has 4 aromatic rings. The van der Waals surface area contributed by atoms with Gasteiger partial charge in [-0.25, -0.2) is 17.2 Å². The lowest BCUT2D eigenvalue weighted by Gasteiger charge is -2.18. The normalized spacial score (nSPS) is 13.6. The number of hydrogen-bond donors (Lipinski definition) is 0. The van der Waals surface area contributed by atoms with Gasteiger partial charge in [0.1, 0.15) is 21.4 Å². The molecule has 0 aromatic heterocycles. The van der Waals surface area contributed by atoms with E-state index >= 15 is 8.78 Å². The summed E-state index contributed by atoms with van der Waals surface area (Å²) in [5.41, 5.74) is 0.309. The first-order valence-electron chi connectivity index (χ1n) is 8.83. The van der Waals surface area contributed by atoms with Crippen molar-refractivity contribution in [1.82, 2.24) is 0 Å². The molecular weight excluding hydrogens is 430 g/mol. The van der Waals surface area contributed by atoms with E-state index in [9.17, 15) is 8.42 Å². The Morgan fingerprint density at radius 2 is 1.03 bits per heavy atom. The molecule has 4 aromatic carbocycles. The highest BCUT2D eigenvalue weighted by molar-refractivity contribution is 7.80. The van der Waals surface area contributed by atoms with Crippen LogP contribution in [0.1, 0.15) is 0 Å². The highest BCUT2D eigenvalue weighted by atomic mass is 32.2. The van der Waals surface area contributed by atoms with Crippen molar-refractivity contribution in [1.29, 1.82) is 0 Å². The summed E-state index contributed by atoms with van der Waals surface area (Å²) in [5, 5.41) is 2.07. The molecule has 8 heteroatoms. The number of benzene rings is 4. The van der Waals surface area contributed by atoms with E-state index in [-0.39, 0.29) is 20.9 Å². The third kappa shape index (κ3) is 3.35. The van der Waals surface area contributed by atoms with Gasteiger partial charge >= 0.3 is 0 Å². The summed E-state index contributed by atoms with van der Waals surface area (Å²) in [5.74, 6) is -1.54. The number of fused-ring (bicyclic) bond motifs is 2. The molecule has 2 unspecified atom stereocenters. The zero-order valence-electron chi connectivity index (χ0n) is 16.0. The Kier molecular flexibility index (Phi) is 5.75. The van der Waals surface area contributed by atoms with Crippen molar-refractivity contribution < 1.29 is 25.6 Å². The summed E-state index contributed by atoms with van der Waals surface area (Å²) >= 11 is -4.36. The van der Waals surface area contributed by atoms with Gasteiger partial charge in [0.25, 0.3) is 0 Å². The molecule has 4 nitrogen and oxygen atoms in total. The Labute approximate surface area is 176 Å². The van der Waals surface area contributed by atoms with Crippen LogP contribution in [0.4, 0.5) is 8.78 Å². The standard InChI is InChI=1S/C22H16F2O4S2/c1-27-29(25)21-17(23)11-13-7-3-5-9-15(13)19(21)20-16-10-6-4-8-14(16)12-18(24)22(20)30(26)28-2/h3-12H,1-2H3. The van der Waals surface area contributed by atoms with Gasteiger partial charge in [-0.1, -0.05) is 48.5 Å². The lowest BCUT2D eigenvalue weighted by Crippen LogP contribution is -2.06. The van der Waals surface area contributed by atoms with Gasteiger partial charge in [-0.15, -0.1) is 0 Å². The van der Waals surface area contributed by atoms with Gasteiger partial charge in [-0.3, -0.25) is 8.37 Å². The summed E-state index contributed by atoms with van der Waals surface area (Å²) in [6.07, 6.45) is 0. The molecule has 0 bridgehead atoms. The average molecular weight is 446 g/mol. The van der Waals surface area contributed by atoms with Crippen LogP contribution in [0.15, 0.2) is 70.5 Å². The summed E-state index contributed by atoms with van der Waals surface area (Å²) in [6, 6.07) is 16.2. The molecule has 0 fully saturated rings. The molecule has 154 valence electrons. The second-order valence-electron chi connectivity index (χ2n) is 6.37. The van der Waals surface area contributed by atoms with Crippen molar-refractivity contribution in [3.63, 3.8) is 0 Å². The van der Waals surface area contributed by atoms with Gasteiger partial charge in [0, 0.05) is 11.1 Å². The first-order chi connectivity index (χ1) is 14.5. The number of rotatable bonds is 5. The minimum absolute atomic E-state index is 0.155. The Morgan fingerprint density at radius 3 is 1.40 bits per heavy atom. The molecule has 0 spiro atoms. The average Bonchev–Trinajstić information content (AvgIpc) is 2.76. The molecule has 0 saturated carbocycles. The maximum Gasteiger partial charge on any atom is 0.192 e. The van der Waals surface area contributed by atoms with Crippen LogP contribution in [0, 0.1) is 11.6 Å². The van der Waals surface area contributed by atoms with E-state index in [4.69, 9.17) is 8.37 Å². The Bertz CT molecular complexity index is 1230. The first kappa shape index (κ1) is 20.7. The maximum absolute atomic E-state index is 15.1. The van der Waals surface area contributed by atoms with Gasteiger partial charge in [0.2, 0.25) is 0 Å². The summed E-state index contributed by atoms with van der Waals surface area (Å²) < 4.78 is 65.5. The van der Waals surface area contributed by atoms with Crippen LogP contribution in [0.25, 0.3) is 32.7 Å². The molecule has 0 radical (unpaired) electrons. The topological polar surface area (TPSA) is 52.6 Å². The second-order valence-corrected chi connectivity index (χ2v) is 8.79. The van der Waals surface area contributed by atoms with E-state index in [0.717, 1.165) is 0 Å². The molecule has 0 N–H and O–H groups in total. The molecule has 0 amide bonds. The first-order valence-corrected chi connectivity index (χ1v) is 11.0. The zero-order valence-corrected chi connectivity index (χ0v) is 17.6. The van der Waals surface area contributed by atoms with E-state index in [2.05, 4.69) is 0 Å². The molecule has 30 heavy (non-hydrogen) atoms. The van der Waals surface area contributed by atoms with Crippen LogP contribution >= 0.6 is 0 Å². The van der Waals surface area contributed by atoms with Crippen LogP contribution < -0.4 is 0 Å². The van der Waals surface area contributed by atoms with E-state index < -0.39 is 33.8 Å². The summed E-state index contributed by atoms with van der Waals surface area (Å²) in [4.78, 5) is -0.498. The molecule has 0 aliphatic carbocycles. The van der Waals surface area contributed by atoms with Crippen molar-refractivity contribution in [2.45, 2.75) is 9.79 Å². The Hall–Kier alpha value is -2.52. The second kappa shape index (κ2) is 8.31. The largest absolute Gasteiger partial charge is 0.290 e. The van der Waals surface area contributed by atoms with Crippen LogP contribution in [-0.4, -0.2) is 22.6 Å². The van der Waals surface area contributed by atoms with Crippen molar-refractivity contribution in [2.24, 2.45) is 0 Å². The fourth-order valence-electron chi connectivity index (χ4n) is 3.58. The molecule has 0 heterocycles. The smallest absolute Gasteiger partial charge is 0.192 e. The van der Waals surface area contributed by atoms with Gasteiger partial charge in [0.15, 0.2) is 22.2 Å². The molecular formula is C22H16F2O4S2. The highest BCUT2D eigenvalue weighted by Gasteiger charge is 2.28. The van der Waals surface area contributed by atoms with Crippen LogP contribution in [-0.2, 0) is 30.5 Å². The monoisotopic (exact) mass is 446 g/mol. The molecule has 0 aliphatic heterocycles. The van der Waals surface area contributed by atoms with Crippen LogP contribution in [0.3, 0.4) is 0 Å². The fourth-order valence-corrected chi connectivity index (χ4v) is 5.10. The molecule has 0 saturated heterocycles. The highest BCUT2D eigenvalue weighted by Crippen LogP contribution is 2.43. The van der Waals surface area contributed by atoms with Crippen molar-refractivity contribution in [3.05, 3.63) is 72.3 Å². The molecule has 0 aliphatic rings. The van der Waals surface area contributed by atoms with Crippen molar-refractivity contribution in [2.75, 3.05) is 14.2 Å². The minimum atomic E-state index is -2.18. The van der Waals surface area contributed by atoms with Crippen LogP contribution in [0.2, 0.25) is 0 Å². The van der Waals surface area contributed by atoms with Gasteiger partial charge in [-0.05, 0) is 33.7 Å². The van der Waals surface area contributed by atoms with Crippen molar-refractivity contribution in [3.8, 4) is 11.1 Å². The Morgan fingerprint density at radius 1 is 0.667 bits per heavy atom. The van der Waals surface area contributed by atoms with Gasteiger partial charge in [0.05, 0.1) is 14.2 Å². The van der Waals surface area contributed by atoms with E-state index in [0.29, 0.717) is 21.5 Å². The summed E-state index contributed by atoms with van der Waals surface area (Å²) in [6.45, 7) is 0. The Balaban J connectivity index is 2.32. The minimum Gasteiger partial charge on any atom is -0.290 e. The lowest BCUT2D eigenvalue weighted by molar-refractivity contribution is 0.439. The van der Waals surface area contributed by atoms with E-state index in [1.807, 2.05) is 0 Å². The lowest BCUT2D eigenvalue weighted by atomic mass is 9.93. The predicted octanol–water partition coefficient (Wildman–Crippen LogP) is 5.28.